The molecule has 0 spiro atoms. The van der Waals surface area contributed by atoms with Gasteiger partial charge in [0.05, 0.1) is 29.3 Å². The number of pyridine rings is 1. The van der Waals surface area contributed by atoms with Gasteiger partial charge in [0.15, 0.2) is 5.82 Å². The van der Waals surface area contributed by atoms with Crippen molar-refractivity contribution in [1.29, 1.82) is 0 Å². The van der Waals surface area contributed by atoms with Gasteiger partial charge in [0, 0.05) is 26.5 Å². The van der Waals surface area contributed by atoms with Gasteiger partial charge in [0.1, 0.15) is 0 Å². The minimum atomic E-state index is -0.238. The van der Waals surface area contributed by atoms with Crippen LogP contribution in [0.25, 0.3) is 17.0 Å². The van der Waals surface area contributed by atoms with Crippen LogP contribution in [0.2, 0.25) is 0 Å². The van der Waals surface area contributed by atoms with E-state index in [0.717, 1.165) is 23.9 Å². The van der Waals surface area contributed by atoms with E-state index < -0.39 is 0 Å². The van der Waals surface area contributed by atoms with E-state index in [0.29, 0.717) is 31.5 Å². The third kappa shape index (κ3) is 2.42. The van der Waals surface area contributed by atoms with Crippen LogP contribution in [-0.4, -0.2) is 46.7 Å². The molecule has 0 amide bonds. The fourth-order valence-electron chi connectivity index (χ4n) is 3.12. The van der Waals surface area contributed by atoms with Crippen LogP contribution < -0.4 is 0 Å². The summed E-state index contributed by atoms with van der Waals surface area (Å²) in [7, 11) is 1.70. The lowest BCUT2D eigenvalue weighted by atomic mass is 9.80. The molecular formula is C16H18N4O3. The summed E-state index contributed by atoms with van der Waals surface area (Å²) in [5.41, 5.74) is 1.54. The monoisotopic (exact) mass is 314 g/mol. The van der Waals surface area contributed by atoms with Gasteiger partial charge in [0.2, 0.25) is 0 Å². The molecule has 0 saturated carbocycles. The predicted octanol–water partition coefficient (Wildman–Crippen LogP) is 2.08. The molecule has 0 N–H and O–H groups in total. The highest BCUT2D eigenvalue weighted by Gasteiger charge is 2.39. The molecule has 0 aliphatic carbocycles. The molecule has 0 radical (unpaired) electrons. The first-order valence-corrected chi connectivity index (χ1v) is 7.66. The Balaban J connectivity index is 1.73. The minimum Gasteiger partial charge on any atom is -0.384 e. The normalized spacial score (nSPS) is 17.6. The van der Waals surface area contributed by atoms with Crippen LogP contribution in [-0.2, 0) is 14.9 Å². The molecular weight excluding hydrogens is 296 g/mol. The van der Waals surface area contributed by atoms with Crippen molar-refractivity contribution in [3.05, 3.63) is 36.4 Å². The lowest BCUT2D eigenvalue weighted by Crippen LogP contribution is -2.39. The van der Waals surface area contributed by atoms with Crippen LogP contribution in [0.15, 0.2) is 35.1 Å². The molecule has 0 unspecified atom stereocenters. The molecule has 23 heavy (non-hydrogen) atoms. The van der Waals surface area contributed by atoms with E-state index in [4.69, 9.17) is 14.0 Å². The summed E-state index contributed by atoms with van der Waals surface area (Å²) >= 11 is 0. The summed E-state index contributed by atoms with van der Waals surface area (Å²) in [5, 5.41) is 8.55. The van der Waals surface area contributed by atoms with Crippen LogP contribution in [0.5, 0.6) is 0 Å². The second-order valence-corrected chi connectivity index (χ2v) is 5.84. The number of rotatable bonds is 4. The van der Waals surface area contributed by atoms with Crippen molar-refractivity contribution >= 4 is 5.52 Å². The van der Waals surface area contributed by atoms with Crippen molar-refractivity contribution in [2.45, 2.75) is 18.3 Å². The summed E-state index contributed by atoms with van der Waals surface area (Å²) in [4.78, 5) is 4.65. The predicted molar refractivity (Wildman–Crippen MR) is 82.1 cm³/mol. The van der Waals surface area contributed by atoms with Gasteiger partial charge in [-0.2, -0.15) is 10.1 Å². The van der Waals surface area contributed by atoms with Gasteiger partial charge in [-0.1, -0.05) is 11.2 Å². The molecule has 4 rings (SSSR count). The maximum atomic E-state index is 5.53. The average Bonchev–Trinajstić information content (AvgIpc) is 3.23. The second kappa shape index (κ2) is 5.75. The Hall–Kier alpha value is -2.25. The van der Waals surface area contributed by atoms with Gasteiger partial charge >= 0.3 is 0 Å². The van der Waals surface area contributed by atoms with E-state index in [1.165, 1.54) is 0 Å². The molecule has 1 aliphatic rings. The molecule has 7 nitrogen and oxygen atoms in total. The summed E-state index contributed by atoms with van der Waals surface area (Å²) in [6.45, 7) is 1.93. The van der Waals surface area contributed by atoms with Crippen LogP contribution in [0, 0.1) is 0 Å². The zero-order valence-electron chi connectivity index (χ0n) is 12.9. The maximum Gasteiger partial charge on any atom is 0.261 e. The quantitative estimate of drug-likeness (QED) is 0.734. The molecule has 0 bridgehead atoms. The number of methoxy groups -OCH3 is 1. The first kappa shape index (κ1) is 14.3. The van der Waals surface area contributed by atoms with E-state index in [1.807, 2.05) is 24.4 Å². The molecule has 0 aromatic carbocycles. The number of hydrogen-bond donors (Lipinski definition) is 0. The molecule has 1 aliphatic heterocycles. The number of hydrogen-bond acceptors (Lipinski definition) is 6. The first-order valence-electron chi connectivity index (χ1n) is 7.66. The Labute approximate surface area is 133 Å². The van der Waals surface area contributed by atoms with E-state index >= 15 is 0 Å². The lowest BCUT2D eigenvalue weighted by molar-refractivity contribution is 0.00915. The van der Waals surface area contributed by atoms with Crippen molar-refractivity contribution in [3.8, 4) is 11.5 Å². The number of nitrogens with zero attached hydrogens (tertiary/aromatic N) is 4. The summed E-state index contributed by atoms with van der Waals surface area (Å²) in [5.74, 6) is 1.18. The van der Waals surface area contributed by atoms with Crippen LogP contribution in [0.1, 0.15) is 18.7 Å². The van der Waals surface area contributed by atoms with E-state index in [2.05, 4.69) is 15.2 Å². The second-order valence-electron chi connectivity index (χ2n) is 5.84. The summed E-state index contributed by atoms with van der Waals surface area (Å²) in [6, 6.07) is 5.87. The van der Waals surface area contributed by atoms with E-state index in [-0.39, 0.29) is 5.41 Å². The van der Waals surface area contributed by atoms with Crippen molar-refractivity contribution in [2.24, 2.45) is 0 Å². The van der Waals surface area contributed by atoms with Crippen molar-refractivity contribution in [2.75, 3.05) is 26.9 Å². The fraction of sp³-hybridized carbons (Fsp3) is 0.438. The third-order valence-electron chi connectivity index (χ3n) is 4.43. The van der Waals surface area contributed by atoms with Gasteiger partial charge < -0.3 is 14.0 Å². The van der Waals surface area contributed by atoms with Gasteiger partial charge in [-0.3, -0.25) is 0 Å². The molecule has 1 fully saturated rings. The van der Waals surface area contributed by atoms with Crippen LogP contribution in [0.4, 0.5) is 0 Å². The first-order chi connectivity index (χ1) is 11.3. The molecule has 1 saturated heterocycles. The fourth-order valence-corrected chi connectivity index (χ4v) is 3.12. The zero-order chi connectivity index (χ0) is 15.7. The van der Waals surface area contributed by atoms with Crippen molar-refractivity contribution in [3.63, 3.8) is 0 Å². The number of aromatic nitrogens is 4. The highest BCUT2D eigenvalue weighted by molar-refractivity contribution is 5.74. The minimum absolute atomic E-state index is 0.238. The van der Waals surface area contributed by atoms with Gasteiger partial charge in [0.25, 0.3) is 5.89 Å². The third-order valence-corrected chi connectivity index (χ3v) is 4.43. The standard InChI is InChI=1S/C16H18N4O3/c1-21-11-16(5-8-22-9-6-16)15-18-14(23-19-15)12-10-17-20-7-3-2-4-13(12)20/h2-4,7,10H,5-6,8-9,11H2,1H3. The van der Waals surface area contributed by atoms with Gasteiger partial charge in [-0.05, 0) is 25.0 Å². The SMILES string of the molecule is COCC1(c2noc(-c3cnn4ccccc34)n2)CCOCC1. The molecule has 3 aromatic rings. The highest BCUT2D eigenvalue weighted by Crippen LogP contribution is 2.35. The Morgan fingerprint density at radius 1 is 1.30 bits per heavy atom. The van der Waals surface area contributed by atoms with E-state index in [1.54, 1.807) is 17.8 Å². The maximum absolute atomic E-state index is 5.53. The number of ether oxygens (including phenoxy) is 2. The van der Waals surface area contributed by atoms with E-state index in [9.17, 15) is 0 Å². The van der Waals surface area contributed by atoms with Crippen LogP contribution >= 0.6 is 0 Å². The van der Waals surface area contributed by atoms with Gasteiger partial charge in [-0.15, -0.1) is 0 Å². The smallest absolute Gasteiger partial charge is 0.261 e. The summed E-state index contributed by atoms with van der Waals surface area (Å²) < 4.78 is 18.2. The lowest BCUT2D eigenvalue weighted by Gasteiger charge is -2.33. The highest BCUT2D eigenvalue weighted by atomic mass is 16.5. The van der Waals surface area contributed by atoms with Crippen LogP contribution in [0.3, 0.4) is 0 Å². The van der Waals surface area contributed by atoms with Gasteiger partial charge in [-0.25, -0.2) is 4.52 Å². The molecule has 3 aromatic heterocycles. The Morgan fingerprint density at radius 2 is 2.17 bits per heavy atom. The average molecular weight is 314 g/mol. The largest absolute Gasteiger partial charge is 0.384 e. The molecule has 120 valence electrons. The number of fused-ring (bicyclic) bond motifs is 1. The topological polar surface area (TPSA) is 74.7 Å². The Morgan fingerprint density at radius 3 is 3.00 bits per heavy atom. The van der Waals surface area contributed by atoms with Crippen molar-refractivity contribution < 1.29 is 14.0 Å². The molecule has 4 heterocycles. The molecule has 0 atom stereocenters. The Bertz CT molecular complexity index is 799. The zero-order valence-corrected chi connectivity index (χ0v) is 12.9. The Kier molecular flexibility index (Phi) is 3.59. The van der Waals surface area contributed by atoms with Crippen molar-refractivity contribution in [1.82, 2.24) is 19.8 Å². The molecule has 7 heteroatoms. The summed E-state index contributed by atoms with van der Waals surface area (Å²) in [6.07, 6.45) is 5.30.